The van der Waals surface area contributed by atoms with Crippen LogP contribution in [0.3, 0.4) is 0 Å². The van der Waals surface area contributed by atoms with E-state index in [4.69, 9.17) is 5.73 Å². The highest BCUT2D eigenvalue weighted by Crippen LogP contribution is 2.19. The molecule has 1 aromatic heterocycles. The molecule has 0 spiro atoms. The van der Waals surface area contributed by atoms with Crippen LogP contribution in [0.25, 0.3) is 0 Å². The Morgan fingerprint density at radius 1 is 1.44 bits per heavy atom. The summed E-state index contributed by atoms with van der Waals surface area (Å²) in [5.74, 6) is 0.0168. The van der Waals surface area contributed by atoms with E-state index in [1.165, 1.54) is 0 Å². The first-order valence-electron chi connectivity index (χ1n) is 5.68. The lowest BCUT2D eigenvalue weighted by atomic mass is 10.1. The summed E-state index contributed by atoms with van der Waals surface area (Å²) in [6, 6.07) is 3.49. The normalized spacial score (nSPS) is 22.0. The monoisotopic (exact) mass is 219 g/mol. The second-order valence-corrected chi connectivity index (χ2v) is 4.25. The van der Waals surface area contributed by atoms with E-state index in [0.29, 0.717) is 0 Å². The van der Waals surface area contributed by atoms with Gasteiger partial charge in [-0.25, -0.2) is 0 Å². The molecule has 1 aliphatic heterocycles. The summed E-state index contributed by atoms with van der Waals surface area (Å²) in [7, 11) is 0. The number of aromatic nitrogens is 1. The zero-order valence-corrected chi connectivity index (χ0v) is 9.52. The number of hydrogen-bond donors (Lipinski definition) is 1. The van der Waals surface area contributed by atoms with Crippen molar-refractivity contribution in [2.45, 2.75) is 32.2 Å². The number of rotatable bonds is 1. The van der Waals surface area contributed by atoms with Crippen molar-refractivity contribution in [3.8, 4) is 0 Å². The number of hydrogen-bond acceptors (Lipinski definition) is 3. The summed E-state index contributed by atoms with van der Waals surface area (Å²) in [6.07, 6.45) is 4.55. The van der Waals surface area contributed by atoms with Crippen molar-refractivity contribution in [3.05, 3.63) is 24.0 Å². The highest BCUT2D eigenvalue weighted by atomic mass is 16.2. The third kappa shape index (κ3) is 2.22. The lowest BCUT2D eigenvalue weighted by Gasteiger charge is -2.22. The van der Waals surface area contributed by atoms with Gasteiger partial charge >= 0.3 is 0 Å². The number of nitrogens with two attached hydrogens (primary N) is 1. The van der Waals surface area contributed by atoms with Gasteiger partial charge in [-0.15, -0.1) is 0 Å². The van der Waals surface area contributed by atoms with Gasteiger partial charge in [0.15, 0.2) is 0 Å². The first-order valence-corrected chi connectivity index (χ1v) is 5.68. The van der Waals surface area contributed by atoms with Crippen LogP contribution in [0.5, 0.6) is 0 Å². The van der Waals surface area contributed by atoms with Crippen molar-refractivity contribution in [2.75, 3.05) is 11.4 Å². The van der Waals surface area contributed by atoms with Crippen LogP contribution in [-0.4, -0.2) is 23.5 Å². The molecule has 86 valence electrons. The summed E-state index contributed by atoms with van der Waals surface area (Å²) >= 11 is 0. The van der Waals surface area contributed by atoms with Gasteiger partial charge in [-0.3, -0.25) is 9.78 Å². The van der Waals surface area contributed by atoms with Gasteiger partial charge in [0.2, 0.25) is 5.91 Å². The van der Waals surface area contributed by atoms with E-state index < -0.39 is 0 Å². The van der Waals surface area contributed by atoms with Crippen LogP contribution in [0.1, 0.15) is 25.0 Å². The predicted octanol–water partition coefficient (Wildman–Crippen LogP) is 1.23. The molecule has 4 nitrogen and oxygen atoms in total. The average Bonchev–Trinajstić information content (AvgIpc) is 2.44. The fourth-order valence-corrected chi connectivity index (χ4v) is 1.94. The standard InChI is InChI=1S/C12H17N3O/c1-9-5-6-10(8-14-9)15-7-3-2-4-11(13)12(15)16/h5-6,8,11H,2-4,7,13H2,1H3. The number of carbonyl (C=O) groups is 1. The Morgan fingerprint density at radius 2 is 2.25 bits per heavy atom. The molecule has 2 rings (SSSR count). The van der Waals surface area contributed by atoms with Crippen molar-refractivity contribution >= 4 is 11.6 Å². The molecule has 0 bridgehead atoms. The second-order valence-electron chi connectivity index (χ2n) is 4.25. The van der Waals surface area contributed by atoms with Crippen LogP contribution in [0, 0.1) is 6.92 Å². The Hall–Kier alpha value is -1.42. The minimum atomic E-state index is -0.358. The van der Waals surface area contributed by atoms with Gasteiger partial charge < -0.3 is 10.6 Å². The van der Waals surface area contributed by atoms with Crippen molar-refractivity contribution in [2.24, 2.45) is 5.73 Å². The predicted molar refractivity (Wildman–Crippen MR) is 63.2 cm³/mol. The summed E-state index contributed by atoms with van der Waals surface area (Å²) < 4.78 is 0. The Morgan fingerprint density at radius 3 is 2.94 bits per heavy atom. The number of nitrogens with zero attached hydrogens (tertiary/aromatic N) is 2. The number of anilines is 1. The molecular formula is C12H17N3O. The number of aryl methyl sites for hydroxylation is 1. The van der Waals surface area contributed by atoms with Crippen LogP contribution < -0.4 is 10.6 Å². The molecule has 1 saturated heterocycles. The largest absolute Gasteiger partial charge is 0.320 e. The quantitative estimate of drug-likeness (QED) is 0.773. The minimum Gasteiger partial charge on any atom is -0.320 e. The van der Waals surface area contributed by atoms with E-state index in [0.717, 1.165) is 37.2 Å². The molecule has 0 aliphatic carbocycles. The molecule has 0 aromatic carbocycles. The molecule has 0 radical (unpaired) electrons. The zero-order valence-electron chi connectivity index (χ0n) is 9.52. The average molecular weight is 219 g/mol. The lowest BCUT2D eigenvalue weighted by Crippen LogP contribution is -2.42. The molecule has 1 atom stereocenters. The first kappa shape index (κ1) is 11.1. The summed E-state index contributed by atoms with van der Waals surface area (Å²) in [6.45, 7) is 2.68. The van der Waals surface area contributed by atoms with Gasteiger partial charge in [-0.1, -0.05) is 0 Å². The van der Waals surface area contributed by atoms with Crippen LogP contribution in [-0.2, 0) is 4.79 Å². The van der Waals surface area contributed by atoms with Gasteiger partial charge in [0.1, 0.15) is 0 Å². The molecule has 1 fully saturated rings. The summed E-state index contributed by atoms with van der Waals surface area (Å²) in [5.41, 5.74) is 7.63. The SMILES string of the molecule is Cc1ccc(N2CCCCC(N)C2=O)cn1. The number of pyridine rings is 1. The van der Waals surface area contributed by atoms with Crippen LogP contribution in [0.2, 0.25) is 0 Å². The van der Waals surface area contributed by atoms with E-state index in [1.807, 2.05) is 19.1 Å². The molecule has 4 heteroatoms. The topological polar surface area (TPSA) is 59.2 Å². The van der Waals surface area contributed by atoms with Crippen molar-refractivity contribution < 1.29 is 4.79 Å². The molecule has 0 saturated carbocycles. The van der Waals surface area contributed by atoms with E-state index in [1.54, 1.807) is 11.1 Å². The van der Waals surface area contributed by atoms with E-state index >= 15 is 0 Å². The van der Waals surface area contributed by atoms with Crippen LogP contribution in [0.15, 0.2) is 18.3 Å². The van der Waals surface area contributed by atoms with E-state index in [9.17, 15) is 4.79 Å². The molecule has 1 aliphatic rings. The molecular weight excluding hydrogens is 202 g/mol. The van der Waals surface area contributed by atoms with E-state index in [2.05, 4.69) is 4.98 Å². The molecule has 1 amide bonds. The fourth-order valence-electron chi connectivity index (χ4n) is 1.94. The Kier molecular flexibility index (Phi) is 3.19. The van der Waals surface area contributed by atoms with Crippen molar-refractivity contribution in [3.63, 3.8) is 0 Å². The second kappa shape index (κ2) is 4.61. The van der Waals surface area contributed by atoms with Gasteiger partial charge in [-0.05, 0) is 38.3 Å². The van der Waals surface area contributed by atoms with Gasteiger partial charge in [-0.2, -0.15) is 0 Å². The number of carbonyl (C=O) groups excluding carboxylic acids is 1. The summed E-state index contributed by atoms with van der Waals surface area (Å²) in [4.78, 5) is 18.0. The Labute approximate surface area is 95.5 Å². The van der Waals surface area contributed by atoms with Gasteiger partial charge in [0.05, 0.1) is 17.9 Å². The first-order chi connectivity index (χ1) is 7.68. The number of amides is 1. The van der Waals surface area contributed by atoms with Gasteiger partial charge in [0, 0.05) is 12.2 Å². The highest BCUT2D eigenvalue weighted by Gasteiger charge is 2.24. The lowest BCUT2D eigenvalue weighted by molar-refractivity contribution is -0.119. The van der Waals surface area contributed by atoms with Crippen molar-refractivity contribution in [1.82, 2.24) is 4.98 Å². The summed E-state index contributed by atoms with van der Waals surface area (Å²) in [5, 5.41) is 0. The van der Waals surface area contributed by atoms with Crippen LogP contribution in [0.4, 0.5) is 5.69 Å². The maximum atomic E-state index is 12.0. The molecule has 16 heavy (non-hydrogen) atoms. The van der Waals surface area contributed by atoms with Crippen molar-refractivity contribution in [1.29, 1.82) is 0 Å². The third-order valence-electron chi connectivity index (χ3n) is 2.94. The third-order valence-corrected chi connectivity index (χ3v) is 2.94. The maximum absolute atomic E-state index is 12.0. The highest BCUT2D eigenvalue weighted by molar-refractivity contribution is 5.97. The molecule has 1 aromatic rings. The minimum absolute atomic E-state index is 0.0168. The fraction of sp³-hybridized carbons (Fsp3) is 0.500. The maximum Gasteiger partial charge on any atom is 0.243 e. The molecule has 1 unspecified atom stereocenters. The van der Waals surface area contributed by atoms with Gasteiger partial charge in [0.25, 0.3) is 0 Å². The van der Waals surface area contributed by atoms with E-state index in [-0.39, 0.29) is 11.9 Å². The Bertz CT molecular complexity index is 374. The van der Waals surface area contributed by atoms with Crippen LogP contribution >= 0.6 is 0 Å². The molecule has 2 N–H and O–H groups in total. The zero-order chi connectivity index (χ0) is 11.5. The molecule has 2 heterocycles. The smallest absolute Gasteiger partial charge is 0.243 e. The Balaban J connectivity index is 2.24.